The molecule has 20 heavy (non-hydrogen) atoms. The first kappa shape index (κ1) is 14.5. The van der Waals surface area contributed by atoms with Crippen LogP contribution in [0.2, 0.25) is 0 Å². The van der Waals surface area contributed by atoms with Crippen molar-refractivity contribution in [2.45, 2.75) is 12.3 Å². The van der Waals surface area contributed by atoms with E-state index in [4.69, 9.17) is 4.74 Å². The highest BCUT2D eigenvalue weighted by Crippen LogP contribution is 2.34. The van der Waals surface area contributed by atoms with Crippen LogP contribution in [0, 0.1) is 22.9 Å². The Kier molecular flexibility index (Phi) is 4.34. The van der Waals surface area contributed by atoms with Gasteiger partial charge in [-0.1, -0.05) is 22.0 Å². The van der Waals surface area contributed by atoms with Crippen LogP contribution in [-0.2, 0) is 5.33 Å². The Bertz CT molecular complexity index is 661. The van der Waals surface area contributed by atoms with Crippen molar-refractivity contribution < 1.29 is 14.1 Å². The van der Waals surface area contributed by atoms with Crippen LogP contribution >= 0.6 is 15.9 Å². The second kappa shape index (κ2) is 6.00. The van der Waals surface area contributed by atoms with Crippen molar-refractivity contribution in [2.24, 2.45) is 0 Å². The highest BCUT2D eigenvalue weighted by Gasteiger charge is 2.17. The number of halogens is 2. The summed E-state index contributed by atoms with van der Waals surface area (Å²) in [6.07, 6.45) is 0. The van der Waals surface area contributed by atoms with Gasteiger partial charge in [-0.2, -0.15) is 0 Å². The fourth-order valence-electron chi connectivity index (χ4n) is 1.72. The zero-order valence-corrected chi connectivity index (χ0v) is 12.2. The number of aryl methyl sites for hydroxylation is 1. The van der Waals surface area contributed by atoms with Gasteiger partial charge in [-0.15, -0.1) is 0 Å². The number of benzene rings is 2. The average Bonchev–Trinajstić information content (AvgIpc) is 2.42. The maximum atomic E-state index is 13.0. The third kappa shape index (κ3) is 3.14. The minimum Gasteiger partial charge on any atom is -0.450 e. The number of nitrogens with zero attached hydrogens (tertiary/aromatic N) is 1. The monoisotopic (exact) mass is 339 g/mol. The first-order chi connectivity index (χ1) is 9.51. The quantitative estimate of drug-likeness (QED) is 0.459. The number of hydrogen-bond acceptors (Lipinski definition) is 3. The fraction of sp³-hybridized carbons (Fsp3) is 0.143. The van der Waals surface area contributed by atoms with E-state index in [1.807, 2.05) is 0 Å². The van der Waals surface area contributed by atoms with Gasteiger partial charge < -0.3 is 4.74 Å². The molecule has 0 bridgehead atoms. The van der Waals surface area contributed by atoms with Crippen molar-refractivity contribution in [3.05, 3.63) is 63.5 Å². The van der Waals surface area contributed by atoms with Gasteiger partial charge in [0.05, 0.1) is 4.92 Å². The molecule has 0 aliphatic heterocycles. The van der Waals surface area contributed by atoms with Gasteiger partial charge in [-0.3, -0.25) is 10.1 Å². The third-order valence-corrected chi connectivity index (χ3v) is 3.38. The smallest absolute Gasteiger partial charge is 0.311 e. The minimum atomic E-state index is -0.500. The van der Waals surface area contributed by atoms with E-state index in [9.17, 15) is 14.5 Å². The van der Waals surface area contributed by atoms with E-state index in [2.05, 4.69) is 15.9 Å². The van der Waals surface area contributed by atoms with Crippen LogP contribution in [0.1, 0.15) is 11.1 Å². The van der Waals surface area contributed by atoms with Crippen LogP contribution in [0.25, 0.3) is 0 Å². The topological polar surface area (TPSA) is 52.4 Å². The Morgan fingerprint density at radius 3 is 2.55 bits per heavy atom. The molecule has 0 unspecified atom stereocenters. The molecule has 0 aromatic heterocycles. The van der Waals surface area contributed by atoms with Gasteiger partial charge in [-0.05, 0) is 42.3 Å². The highest BCUT2D eigenvalue weighted by molar-refractivity contribution is 9.08. The van der Waals surface area contributed by atoms with Gasteiger partial charge in [0.25, 0.3) is 0 Å². The van der Waals surface area contributed by atoms with E-state index in [1.165, 1.54) is 30.3 Å². The molecule has 0 radical (unpaired) electrons. The van der Waals surface area contributed by atoms with Crippen molar-refractivity contribution in [3.8, 4) is 11.5 Å². The van der Waals surface area contributed by atoms with Gasteiger partial charge in [0.2, 0.25) is 5.75 Å². The Balaban J connectivity index is 2.40. The second-order valence-corrected chi connectivity index (χ2v) is 4.77. The van der Waals surface area contributed by atoms with Crippen LogP contribution < -0.4 is 4.74 Å². The number of rotatable bonds is 4. The summed E-state index contributed by atoms with van der Waals surface area (Å²) in [5, 5.41) is 11.6. The molecule has 0 fully saturated rings. The molecule has 0 N–H and O–H groups in total. The molecule has 0 atom stereocenters. The summed E-state index contributed by atoms with van der Waals surface area (Å²) in [5.74, 6) is 0.148. The van der Waals surface area contributed by atoms with Gasteiger partial charge in [-0.25, -0.2) is 4.39 Å². The molecule has 0 aliphatic carbocycles. The Morgan fingerprint density at radius 2 is 1.95 bits per heavy atom. The zero-order chi connectivity index (χ0) is 14.7. The van der Waals surface area contributed by atoms with Crippen molar-refractivity contribution in [1.29, 1.82) is 0 Å². The van der Waals surface area contributed by atoms with Crippen LogP contribution in [-0.4, -0.2) is 4.92 Å². The zero-order valence-electron chi connectivity index (χ0n) is 10.6. The van der Waals surface area contributed by atoms with Gasteiger partial charge >= 0.3 is 5.69 Å². The van der Waals surface area contributed by atoms with Gasteiger partial charge in [0, 0.05) is 11.4 Å². The van der Waals surface area contributed by atoms with Crippen molar-refractivity contribution in [1.82, 2.24) is 0 Å². The number of hydrogen-bond donors (Lipinski definition) is 0. The molecular formula is C14H11BrFNO3. The maximum Gasteiger partial charge on any atom is 0.311 e. The molecule has 4 nitrogen and oxygen atoms in total. The van der Waals surface area contributed by atoms with Gasteiger partial charge in [0.1, 0.15) is 11.6 Å². The summed E-state index contributed by atoms with van der Waals surface area (Å²) < 4.78 is 18.6. The number of nitro groups is 1. The summed E-state index contributed by atoms with van der Waals surface area (Å²) in [6, 6.07) is 8.73. The second-order valence-electron chi connectivity index (χ2n) is 4.20. The Hall–Kier alpha value is -1.95. The number of nitro benzene ring substituents is 1. The summed E-state index contributed by atoms with van der Waals surface area (Å²) in [6.45, 7) is 1.68. The Morgan fingerprint density at radius 1 is 1.25 bits per heavy atom. The lowest BCUT2D eigenvalue weighted by molar-refractivity contribution is -0.385. The first-order valence-corrected chi connectivity index (χ1v) is 6.90. The molecule has 104 valence electrons. The normalized spacial score (nSPS) is 10.3. The lowest BCUT2D eigenvalue weighted by atomic mass is 10.2. The summed E-state index contributed by atoms with van der Waals surface area (Å²) in [5.41, 5.74) is 1.23. The molecule has 6 heteroatoms. The van der Waals surface area contributed by atoms with E-state index in [1.54, 1.807) is 13.0 Å². The number of ether oxygens (including phenoxy) is 1. The average molecular weight is 340 g/mol. The molecule has 0 aliphatic rings. The number of alkyl halides is 1. The first-order valence-electron chi connectivity index (χ1n) is 5.78. The molecule has 0 saturated carbocycles. The molecular weight excluding hydrogens is 329 g/mol. The summed E-state index contributed by atoms with van der Waals surface area (Å²) >= 11 is 3.25. The molecule has 0 spiro atoms. The molecule has 0 heterocycles. The van der Waals surface area contributed by atoms with E-state index in [0.29, 0.717) is 16.6 Å². The predicted octanol–water partition coefficient (Wildman–Crippen LogP) is 4.73. The molecule has 0 amide bonds. The molecule has 2 rings (SSSR count). The van der Waals surface area contributed by atoms with Crippen molar-refractivity contribution in [2.75, 3.05) is 0 Å². The predicted molar refractivity (Wildman–Crippen MR) is 76.9 cm³/mol. The van der Waals surface area contributed by atoms with Crippen LogP contribution in [0.3, 0.4) is 0 Å². The van der Waals surface area contributed by atoms with E-state index >= 15 is 0 Å². The largest absolute Gasteiger partial charge is 0.450 e. The lowest BCUT2D eigenvalue weighted by Crippen LogP contribution is -1.96. The van der Waals surface area contributed by atoms with E-state index in [-0.39, 0.29) is 17.3 Å². The summed E-state index contributed by atoms with van der Waals surface area (Å²) in [4.78, 5) is 10.6. The Labute approximate surface area is 123 Å². The minimum absolute atomic E-state index is 0.120. The van der Waals surface area contributed by atoms with Crippen LogP contribution in [0.15, 0.2) is 36.4 Å². The van der Waals surface area contributed by atoms with Crippen molar-refractivity contribution >= 4 is 21.6 Å². The van der Waals surface area contributed by atoms with Crippen LogP contribution in [0.5, 0.6) is 11.5 Å². The molecule has 2 aromatic rings. The SMILES string of the molecule is Cc1cc(F)ccc1Oc1ccc(CBr)cc1[N+](=O)[O-]. The van der Waals surface area contributed by atoms with E-state index < -0.39 is 4.92 Å². The van der Waals surface area contributed by atoms with Gasteiger partial charge in [0.15, 0.2) is 0 Å². The molecule has 0 saturated heterocycles. The van der Waals surface area contributed by atoms with Crippen LogP contribution in [0.4, 0.5) is 10.1 Å². The van der Waals surface area contributed by atoms with E-state index in [0.717, 1.165) is 5.56 Å². The standard InChI is InChI=1S/C14H11BrFNO3/c1-9-6-11(16)3-5-13(9)20-14-4-2-10(8-15)7-12(14)17(18)19/h2-7H,8H2,1H3. The maximum absolute atomic E-state index is 13.0. The molecule has 2 aromatic carbocycles. The summed E-state index contributed by atoms with van der Waals surface area (Å²) in [7, 11) is 0. The lowest BCUT2D eigenvalue weighted by Gasteiger charge is -2.09. The van der Waals surface area contributed by atoms with Crippen molar-refractivity contribution in [3.63, 3.8) is 0 Å². The highest BCUT2D eigenvalue weighted by atomic mass is 79.9. The fourth-order valence-corrected chi connectivity index (χ4v) is 2.07. The third-order valence-electron chi connectivity index (χ3n) is 2.73.